The molecule has 0 aliphatic heterocycles. The van der Waals surface area contributed by atoms with Crippen LogP contribution in [0.25, 0.3) is 0 Å². The van der Waals surface area contributed by atoms with Crippen LogP contribution >= 0.6 is 0 Å². The third kappa shape index (κ3) is 11.2. The minimum Gasteiger partial charge on any atom is -0.468 e. The van der Waals surface area contributed by atoms with Gasteiger partial charge in [-0.2, -0.15) is 0 Å². The topological polar surface area (TPSA) is 26.3 Å². The van der Waals surface area contributed by atoms with Crippen molar-refractivity contribution in [3.63, 3.8) is 0 Å². The van der Waals surface area contributed by atoms with Gasteiger partial charge in [0.05, 0.1) is 6.61 Å². The Labute approximate surface area is 58.2 Å². The fraction of sp³-hybridized carbons (Fsp3) is 0.833. The fourth-order valence-electron chi connectivity index (χ4n) is 0.484. The van der Waals surface area contributed by atoms with Crippen LogP contribution in [0.3, 0.4) is 0 Å². The lowest BCUT2D eigenvalue weighted by atomic mass is 10.3. The summed E-state index contributed by atoms with van der Waals surface area (Å²) in [7, 11) is 0. The standard InChI is InChI=1S/C6H12O2.B/c1-2-3-4-5-8-6-7;/h6H,2-5H2,1H3;. The van der Waals surface area contributed by atoms with Crippen molar-refractivity contribution in [2.24, 2.45) is 0 Å². The Morgan fingerprint density at radius 2 is 2.11 bits per heavy atom. The molecule has 0 aromatic rings. The third-order valence-electron chi connectivity index (χ3n) is 0.934. The molecule has 0 saturated heterocycles. The van der Waals surface area contributed by atoms with Crippen molar-refractivity contribution in [3.8, 4) is 0 Å². The van der Waals surface area contributed by atoms with Crippen molar-refractivity contribution < 1.29 is 9.53 Å². The zero-order chi connectivity index (χ0) is 6.24. The average Bonchev–Trinajstić information content (AvgIpc) is 1.81. The highest BCUT2D eigenvalue weighted by Crippen LogP contribution is 1.91. The van der Waals surface area contributed by atoms with Gasteiger partial charge in [-0.3, -0.25) is 4.79 Å². The molecule has 0 heterocycles. The Morgan fingerprint density at radius 3 is 2.56 bits per heavy atom. The van der Waals surface area contributed by atoms with Gasteiger partial charge >= 0.3 is 0 Å². The molecule has 0 N–H and O–H groups in total. The molecule has 0 aromatic heterocycles. The molecular formula is C6H12BO2. The van der Waals surface area contributed by atoms with Crippen LogP contribution in [0.2, 0.25) is 0 Å². The van der Waals surface area contributed by atoms with Crippen LogP contribution in [0.1, 0.15) is 26.2 Å². The van der Waals surface area contributed by atoms with Gasteiger partial charge in [-0.05, 0) is 6.42 Å². The van der Waals surface area contributed by atoms with Gasteiger partial charge < -0.3 is 4.74 Å². The molecule has 0 unspecified atom stereocenters. The lowest BCUT2D eigenvalue weighted by Crippen LogP contribution is -1.89. The van der Waals surface area contributed by atoms with E-state index in [1.165, 1.54) is 6.42 Å². The molecule has 0 aromatic carbocycles. The van der Waals surface area contributed by atoms with Gasteiger partial charge in [-0.1, -0.05) is 19.8 Å². The smallest absolute Gasteiger partial charge is 0.293 e. The van der Waals surface area contributed by atoms with E-state index in [2.05, 4.69) is 11.7 Å². The van der Waals surface area contributed by atoms with Crippen LogP contribution in [0.4, 0.5) is 0 Å². The molecule has 0 bridgehead atoms. The van der Waals surface area contributed by atoms with E-state index in [0.29, 0.717) is 13.1 Å². The molecule has 0 spiro atoms. The molecule has 0 aliphatic carbocycles. The second-order valence-electron chi connectivity index (χ2n) is 1.67. The zero-order valence-electron chi connectivity index (χ0n) is 5.80. The van der Waals surface area contributed by atoms with E-state index in [-0.39, 0.29) is 8.41 Å². The average molecular weight is 127 g/mol. The number of unbranched alkanes of at least 4 members (excludes halogenated alkanes) is 2. The second-order valence-corrected chi connectivity index (χ2v) is 1.67. The Bertz CT molecular complexity index is 57.0. The minimum atomic E-state index is 0. The third-order valence-corrected chi connectivity index (χ3v) is 0.934. The highest BCUT2D eigenvalue weighted by Gasteiger charge is 1.82. The molecule has 9 heavy (non-hydrogen) atoms. The first-order valence-electron chi connectivity index (χ1n) is 2.97. The van der Waals surface area contributed by atoms with Crippen LogP contribution in [0, 0.1) is 0 Å². The number of hydrogen-bond donors (Lipinski definition) is 0. The van der Waals surface area contributed by atoms with Gasteiger partial charge in [0.2, 0.25) is 0 Å². The number of rotatable bonds is 5. The molecular weight excluding hydrogens is 115 g/mol. The Balaban J connectivity index is 0. The first-order chi connectivity index (χ1) is 3.91. The molecule has 51 valence electrons. The van der Waals surface area contributed by atoms with Crippen molar-refractivity contribution in [2.75, 3.05) is 6.61 Å². The molecule has 0 atom stereocenters. The SMILES string of the molecule is CCCCCOC=O.[B]. The molecule has 0 amide bonds. The minimum absolute atomic E-state index is 0. The zero-order valence-corrected chi connectivity index (χ0v) is 5.80. The lowest BCUT2D eigenvalue weighted by molar-refractivity contribution is -0.128. The summed E-state index contributed by atoms with van der Waals surface area (Å²) in [5, 5.41) is 0. The maximum absolute atomic E-state index is 9.55. The van der Waals surface area contributed by atoms with E-state index in [9.17, 15) is 4.79 Å². The summed E-state index contributed by atoms with van der Waals surface area (Å²) in [5.41, 5.74) is 0. The number of carbonyl (C=O) groups is 1. The van der Waals surface area contributed by atoms with E-state index in [0.717, 1.165) is 12.8 Å². The van der Waals surface area contributed by atoms with Crippen molar-refractivity contribution in [3.05, 3.63) is 0 Å². The normalized spacial score (nSPS) is 7.67. The van der Waals surface area contributed by atoms with Gasteiger partial charge in [-0.15, -0.1) is 0 Å². The van der Waals surface area contributed by atoms with E-state index >= 15 is 0 Å². The van der Waals surface area contributed by atoms with Crippen LogP contribution in [0.5, 0.6) is 0 Å². The number of ether oxygens (including phenoxy) is 1. The maximum Gasteiger partial charge on any atom is 0.293 e. The van der Waals surface area contributed by atoms with Gasteiger partial charge in [0.1, 0.15) is 0 Å². The van der Waals surface area contributed by atoms with Gasteiger partial charge in [0.15, 0.2) is 0 Å². The van der Waals surface area contributed by atoms with Gasteiger partial charge in [-0.25, -0.2) is 0 Å². The Hall–Kier alpha value is -0.465. The molecule has 0 fully saturated rings. The molecule has 3 heteroatoms. The fourth-order valence-corrected chi connectivity index (χ4v) is 0.484. The monoisotopic (exact) mass is 127 g/mol. The van der Waals surface area contributed by atoms with E-state index in [1.807, 2.05) is 0 Å². The largest absolute Gasteiger partial charge is 0.468 e. The van der Waals surface area contributed by atoms with E-state index < -0.39 is 0 Å². The van der Waals surface area contributed by atoms with Crippen molar-refractivity contribution in [1.82, 2.24) is 0 Å². The molecule has 0 rings (SSSR count). The summed E-state index contributed by atoms with van der Waals surface area (Å²) >= 11 is 0. The molecule has 0 aliphatic rings. The summed E-state index contributed by atoms with van der Waals surface area (Å²) in [6.07, 6.45) is 3.31. The maximum atomic E-state index is 9.55. The molecule has 3 radical (unpaired) electrons. The number of hydrogen-bond acceptors (Lipinski definition) is 2. The summed E-state index contributed by atoms with van der Waals surface area (Å²) in [4.78, 5) is 9.55. The van der Waals surface area contributed by atoms with Crippen molar-refractivity contribution in [2.45, 2.75) is 26.2 Å². The highest BCUT2D eigenvalue weighted by molar-refractivity contribution is 5.75. The summed E-state index contributed by atoms with van der Waals surface area (Å²) in [6, 6.07) is 0. The predicted molar refractivity (Wildman–Crippen MR) is 37.3 cm³/mol. The first kappa shape index (κ1) is 11.3. The van der Waals surface area contributed by atoms with Crippen LogP contribution in [-0.2, 0) is 9.53 Å². The van der Waals surface area contributed by atoms with Crippen molar-refractivity contribution >= 4 is 14.9 Å². The number of carbonyl (C=O) groups excluding carboxylic acids is 1. The lowest BCUT2D eigenvalue weighted by Gasteiger charge is -1.93. The van der Waals surface area contributed by atoms with Crippen LogP contribution in [-0.4, -0.2) is 21.5 Å². The van der Waals surface area contributed by atoms with E-state index in [1.54, 1.807) is 0 Å². The first-order valence-corrected chi connectivity index (χ1v) is 2.97. The molecule has 0 saturated carbocycles. The van der Waals surface area contributed by atoms with E-state index in [4.69, 9.17) is 0 Å². The van der Waals surface area contributed by atoms with Crippen LogP contribution in [0.15, 0.2) is 0 Å². The quantitative estimate of drug-likeness (QED) is 0.312. The second kappa shape index (κ2) is 10.5. The van der Waals surface area contributed by atoms with Crippen molar-refractivity contribution in [1.29, 1.82) is 0 Å². The van der Waals surface area contributed by atoms with Gasteiger partial charge in [0.25, 0.3) is 6.47 Å². The molecule has 2 nitrogen and oxygen atoms in total. The van der Waals surface area contributed by atoms with Gasteiger partial charge in [0, 0.05) is 8.41 Å². The predicted octanol–water partition coefficient (Wildman–Crippen LogP) is 0.969. The summed E-state index contributed by atoms with van der Waals surface area (Å²) in [6.45, 7) is 3.19. The Kier molecular flexibility index (Phi) is 13.2. The summed E-state index contributed by atoms with van der Waals surface area (Å²) < 4.78 is 4.46. The summed E-state index contributed by atoms with van der Waals surface area (Å²) in [5.74, 6) is 0. The Morgan fingerprint density at radius 1 is 1.44 bits per heavy atom. The highest BCUT2D eigenvalue weighted by atomic mass is 16.5. The van der Waals surface area contributed by atoms with Crippen LogP contribution < -0.4 is 0 Å².